The number of carbonyl (C=O) groups is 1. The molecule has 3 aromatic carbocycles. The Balaban J connectivity index is 1.77. The molecule has 1 aliphatic rings. The number of para-hydroxylation sites is 1. The molecule has 0 spiro atoms. The summed E-state index contributed by atoms with van der Waals surface area (Å²) in [4.78, 5) is 14.5. The molecule has 1 unspecified atom stereocenters. The number of ether oxygens (including phenoxy) is 2. The SMILES string of the molecule is O=C(c1ccccc1)N(c1ccccc1)c1ccc(OCC2CO2)c(C(F)(F)F)c1. The van der Waals surface area contributed by atoms with Crippen molar-refractivity contribution >= 4 is 17.3 Å². The Morgan fingerprint density at radius 1 is 0.967 bits per heavy atom. The predicted octanol–water partition coefficient (Wildman–Crippen LogP) is 5.46. The number of anilines is 2. The van der Waals surface area contributed by atoms with Crippen LogP contribution in [0.1, 0.15) is 15.9 Å². The summed E-state index contributed by atoms with van der Waals surface area (Å²) in [6, 6.07) is 20.6. The first-order valence-corrected chi connectivity index (χ1v) is 9.33. The summed E-state index contributed by atoms with van der Waals surface area (Å²) in [5, 5.41) is 0. The standard InChI is InChI=1S/C23H18F3NO3/c24-23(25,26)20-13-18(11-12-21(20)30-15-19-14-29-19)27(17-9-5-2-6-10-17)22(28)16-7-3-1-4-8-16/h1-13,19H,14-15H2. The van der Waals surface area contributed by atoms with Crippen LogP contribution in [0.15, 0.2) is 78.9 Å². The van der Waals surface area contributed by atoms with Gasteiger partial charge in [-0.05, 0) is 42.5 Å². The van der Waals surface area contributed by atoms with Gasteiger partial charge in [-0.1, -0.05) is 36.4 Å². The average Bonchev–Trinajstić information content (AvgIpc) is 3.58. The van der Waals surface area contributed by atoms with Crippen molar-refractivity contribution in [1.29, 1.82) is 0 Å². The van der Waals surface area contributed by atoms with Gasteiger partial charge < -0.3 is 9.47 Å². The van der Waals surface area contributed by atoms with E-state index in [0.29, 0.717) is 17.9 Å². The topological polar surface area (TPSA) is 42.1 Å². The van der Waals surface area contributed by atoms with Gasteiger partial charge in [-0.3, -0.25) is 9.69 Å². The second kappa shape index (κ2) is 8.20. The smallest absolute Gasteiger partial charge is 0.420 e. The van der Waals surface area contributed by atoms with Crippen molar-refractivity contribution in [2.24, 2.45) is 0 Å². The quantitative estimate of drug-likeness (QED) is 0.504. The molecule has 1 atom stereocenters. The molecule has 0 aromatic heterocycles. The molecule has 4 rings (SSSR count). The van der Waals surface area contributed by atoms with Crippen LogP contribution in [0.25, 0.3) is 0 Å². The first-order valence-electron chi connectivity index (χ1n) is 9.33. The molecule has 7 heteroatoms. The van der Waals surface area contributed by atoms with Gasteiger partial charge in [-0.25, -0.2) is 0 Å². The van der Waals surface area contributed by atoms with Gasteiger partial charge in [0.1, 0.15) is 18.5 Å². The number of amides is 1. The van der Waals surface area contributed by atoms with Gasteiger partial charge in [0.25, 0.3) is 5.91 Å². The van der Waals surface area contributed by atoms with Crippen molar-refractivity contribution in [2.75, 3.05) is 18.1 Å². The van der Waals surface area contributed by atoms with E-state index in [2.05, 4.69) is 0 Å². The van der Waals surface area contributed by atoms with Crippen molar-refractivity contribution in [3.05, 3.63) is 90.0 Å². The lowest BCUT2D eigenvalue weighted by atomic mass is 10.1. The van der Waals surface area contributed by atoms with Crippen LogP contribution in [-0.4, -0.2) is 25.2 Å². The number of rotatable bonds is 6. The van der Waals surface area contributed by atoms with Crippen molar-refractivity contribution in [3.8, 4) is 5.75 Å². The molecule has 1 amide bonds. The highest BCUT2D eigenvalue weighted by Gasteiger charge is 2.36. The Kier molecular flexibility index (Phi) is 5.46. The van der Waals surface area contributed by atoms with E-state index >= 15 is 0 Å². The van der Waals surface area contributed by atoms with Crippen molar-refractivity contribution in [2.45, 2.75) is 12.3 Å². The zero-order valence-corrected chi connectivity index (χ0v) is 15.8. The Morgan fingerprint density at radius 2 is 1.60 bits per heavy atom. The van der Waals surface area contributed by atoms with E-state index in [-0.39, 0.29) is 24.1 Å². The minimum Gasteiger partial charge on any atom is -0.490 e. The Labute approximate surface area is 171 Å². The molecule has 4 nitrogen and oxygen atoms in total. The minimum atomic E-state index is -4.64. The molecule has 30 heavy (non-hydrogen) atoms. The van der Waals surface area contributed by atoms with Crippen molar-refractivity contribution in [3.63, 3.8) is 0 Å². The largest absolute Gasteiger partial charge is 0.490 e. The van der Waals surface area contributed by atoms with Crippen LogP contribution in [0.3, 0.4) is 0 Å². The summed E-state index contributed by atoms with van der Waals surface area (Å²) in [6.07, 6.45) is -4.82. The van der Waals surface area contributed by atoms with E-state index in [1.54, 1.807) is 60.7 Å². The normalized spacial score (nSPS) is 15.5. The number of carbonyl (C=O) groups excluding carboxylic acids is 1. The molecule has 1 saturated heterocycles. The summed E-state index contributed by atoms with van der Waals surface area (Å²) in [6.45, 7) is 0.528. The molecule has 3 aromatic rings. The number of benzene rings is 3. The van der Waals surface area contributed by atoms with Gasteiger partial charge in [0, 0.05) is 11.3 Å². The minimum absolute atomic E-state index is 0.0494. The van der Waals surface area contributed by atoms with Gasteiger partial charge in [-0.2, -0.15) is 13.2 Å². The van der Waals surface area contributed by atoms with E-state index in [9.17, 15) is 18.0 Å². The lowest BCUT2D eigenvalue weighted by Crippen LogP contribution is -2.26. The molecule has 0 N–H and O–H groups in total. The first kappa shape index (κ1) is 20.0. The zero-order valence-electron chi connectivity index (χ0n) is 15.8. The highest BCUT2D eigenvalue weighted by atomic mass is 19.4. The molecule has 1 heterocycles. The second-order valence-corrected chi connectivity index (χ2v) is 6.79. The van der Waals surface area contributed by atoms with E-state index in [4.69, 9.17) is 9.47 Å². The average molecular weight is 413 g/mol. The van der Waals surface area contributed by atoms with Crippen LogP contribution in [0, 0.1) is 0 Å². The molecule has 1 fully saturated rings. The summed E-state index contributed by atoms with van der Waals surface area (Å²) >= 11 is 0. The Morgan fingerprint density at radius 3 is 2.20 bits per heavy atom. The van der Waals surface area contributed by atoms with Gasteiger partial charge in [0.15, 0.2) is 0 Å². The lowest BCUT2D eigenvalue weighted by Gasteiger charge is -2.25. The highest BCUT2D eigenvalue weighted by molar-refractivity contribution is 6.11. The Bertz CT molecular complexity index is 1020. The van der Waals surface area contributed by atoms with E-state index in [0.717, 1.165) is 6.07 Å². The van der Waals surface area contributed by atoms with Gasteiger partial charge in [0.05, 0.1) is 17.9 Å². The monoisotopic (exact) mass is 413 g/mol. The maximum absolute atomic E-state index is 13.7. The summed E-state index contributed by atoms with van der Waals surface area (Å²) < 4.78 is 51.6. The van der Waals surface area contributed by atoms with Gasteiger partial charge in [0.2, 0.25) is 0 Å². The van der Waals surface area contributed by atoms with E-state index < -0.39 is 17.6 Å². The number of alkyl halides is 3. The molecule has 0 aliphatic carbocycles. The van der Waals surface area contributed by atoms with Crippen molar-refractivity contribution in [1.82, 2.24) is 0 Å². The van der Waals surface area contributed by atoms with Crippen LogP contribution in [0.2, 0.25) is 0 Å². The third-order valence-electron chi connectivity index (χ3n) is 4.59. The van der Waals surface area contributed by atoms with Crippen LogP contribution in [0.4, 0.5) is 24.5 Å². The fraction of sp³-hybridized carbons (Fsp3) is 0.174. The molecule has 154 valence electrons. The van der Waals surface area contributed by atoms with Crippen LogP contribution < -0.4 is 9.64 Å². The fourth-order valence-electron chi connectivity index (χ4n) is 3.02. The summed E-state index contributed by atoms with van der Waals surface area (Å²) in [7, 11) is 0. The number of hydrogen-bond acceptors (Lipinski definition) is 3. The van der Waals surface area contributed by atoms with E-state index in [1.807, 2.05) is 0 Å². The second-order valence-electron chi connectivity index (χ2n) is 6.79. The fourth-order valence-corrected chi connectivity index (χ4v) is 3.02. The molecule has 0 bridgehead atoms. The Hall–Kier alpha value is -3.32. The summed E-state index contributed by atoms with van der Waals surface area (Å²) in [5.41, 5.74) is -0.0273. The van der Waals surface area contributed by atoms with Gasteiger partial charge in [-0.15, -0.1) is 0 Å². The summed E-state index contributed by atoms with van der Waals surface area (Å²) in [5.74, 6) is -0.725. The van der Waals surface area contributed by atoms with Crippen LogP contribution in [0.5, 0.6) is 5.75 Å². The first-order chi connectivity index (χ1) is 14.4. The lowest BCUT2D eigenvalue weighted by molar-refractivity contribution is -0.139. The third-order valence-corrected chi connectivity index (χ3v) is 4.59. The number of hydrogen-bond donors (Lipinski definition) is 0. The van der Waals surface area contributed by atoms with Crippen molar-refractivity contribution < 1.29 is 27.4 Å². The number of halogens is 3. The highest BCUT2D eigenvalue weighted by Crippen LogP contribution is 2.40. The molecular weight excluding hydrogens is 395 g/mol. The number of epoxide rings is 1. The molecular formula is C23H18F3NO3. The van der Waals surface area contributed by atoms with Crippen LogP contribution >= 0.6 is 0 Å². The van der Waals surface area contributed by atoms with Crippen LogP contribution in [-0.2, 0) is 10.9 Å². The molecule has 0 radical (unpaired) electrons. The number of nitrogens with zero attached hydrogens (tertiary/aromatic N) is 1. The van der Waals surface area contributed by atoms with Gasteiger partial charge >= 0.3 is 6.18 Å². The predicted molar refractivity (Wildman–Crippen MR) is 106 cm³/mol. The maximum atomic E-state index is 13.7. The van der Waals surface area contributed by atoms with E-state index in [1.165, 1.54) is 17.0 Å². The third kappa shape index (κ3) is 4.46. The zero-order chi connectivity index (χ0) is 21.1. The molecule has 1 aliphatic heterocycles. The maximum Gasteiger partial charge on any atom is 0.420 e. The molecule has 0 saturated carbocycles.